The molecular formula is C13H20N2O2. The lowest BCUT2D eigenvalue weighted by molar-refractivity contribution is -0.152. The second-order valence-corrected chi connectivity index (χ2v) is 5.03. The number of benzene rings is 1. The molecule has 0 aliphatic rings. The minimum atomic E-state index is -0.445. The zero-order valence-electron chi connectivity index (χ0n) is 10.9. The summed E-state index contributed by atoms with van der Waals surface area (Å²) in [7, 11) is 1.84. The van der Waals surface area contributed by atoms with E-state index in [1.54, 1.807) is 12.1 Å². The number of likely N-dealkylation sites (N-methyl/N-ethyl adjacent to an activating group) is 1. The first kappa shape index (κ1) is 13.4. The maximum absolute atomic E-state index is 11.6. The molecule has 2 N–H and O–H groups in total. The predicted octanol–water partition coefficient (Wildman–Crippen LogP) is 2.05. The molecule has 0 aliphatic carbocycles. The largest absolute Gasteiger partial charge is 0.459 e. The van der Waals surface area contributed by atoms with Gasteiger partial charge in [0.05, 0.1) is 0 Å². The highest BCUT2D eigenvalue weighted by Gasteiger charge is 2.17. The summed E-state index contributed by atoms with van der Waals surface area (Å²) in [5.74, 6) is -0.239. The number of carbonyl (C=O) groups is 1. The number of nitrogen functional groups attached to an aromatic ring is 1. The van der Waals surface area contributed by atoms with Crippen molar-refractivity contribution in [2.24, 2.45) is 0 Å². The molecule has 0 fully saturated rings. The van der Waals surface area contributed by atoms with Crippen molar-refractivity contribution in [3.05, 3.63) is 24.3 Å². The van der Waals surface area contributed by atoms with Crippen LogP contribution in [0.2, 0.25) is 0 Å². The van der Waals surface area contributed by atoms with E-state index < -0.39 is 5.60 Å². The molecule has 1 rings (SSSR count). The number of hydrogen-bond acceptors (Lipinski definition) is 4. The Morgan fingerprint density at radius 2 is 1.82 bits per heavy atom. The van der Waals surface area contributed by atoms with E-state index in [1.807, 2.05) is 44.9 Å². The van der Waals surface area contributed by atoms with Gasteiger partial charge in [0.1, 0.15) is 12.1 Å². The molecule has 4 nitrogen and oxygen atoms in total. The third-order valence-corrected chi connectivity index (χ3v) is 2.12. The lowest BCUT2D eigenvalue weighted by Crippen LogP contribution is -2.32. The van der Waals surface area contributed by atoms with Crippen molar-refractivity contribution >= 4 is 17.3 Å². The van der Waals surface area contributed by atoms with Crippen LogP contribution < -0.4 is 10.6 Å². The molecule has 1 aromatic rings. The molecule has 0 amide bonds. The second-order valence-electron chi connectivity index (χ2n) is 5.03. The van der Waals surface area contributed by atoms with E-state index in [0.29, 0.717) is 5.69 Å². The van der Waals surface area contributed by atoms with Crippen molar-refractivity contribution in [2.75, 3.05) is 24.2 Å². The van der Waals surface area contributed by atoms with Crippen LogP contribution in [-0.2, 0) is 9.53 Å². The molecule has 1 aromatic carbocycles. The van der Waals surface area contributed by atoms with Crippen LogP contribution in [0.15, 0.2) is 24.3 Å². The van der Waals surface area contributed by atoms with E-state index in [-0.39, 0.29) is 12.5 Å². The molecule has 0 spiro atoms. The van der Waals surface area contributed by atoms with E-state index in [0.717, 1.165) is 5.69 Å². The fraction of sp³-hybridized carbons (Fsp3) is 0.462. The highest BCUT2D eigenvalue weighted by Crippen LogP contribution is 2.15. The lowest BCUT2D eigenvalue weighted by atomic mass is 10.2. The number of hydrogen-bond donors (Lipinski definition) is 1. The van der Waals surface area contributed by atoms with Gasteiger partial charge in [-0.3, -0.25) is 4.79 Å². The van der Waals surface area contributed by atoms with Gasteiger partial charge >= 0.3 is 5.97 Å². The molecule has 94 valence electrons. The number of nitrogens with two attached hydrogens (primary N) is 1. The number of nitrogens with zero attached hydrogens (tertiary/aromatic N) is 1. The summed E-state index contributed by atoms with van der Waals surface area (Å²) in [4.78, 5) is 13.4. The summed E-state index contributed by atoms with van der Waals surface area (Å²) < 4.78 is 5.25. The van der Waals surface area contributed by atoms with Crippen LogP contribution in [0.4, 0.5) is 11.4 Å². The zero-order valence-corrected chi connectivity index (χ0v) is 10.9. The third kappa shape index (κ3) is 4.76. The van der Waals surface area contributed by atoms with Gasteiger partial charge in [0.15, 0.2) is 0 Å². The predicted molar refractivity (Wildman–Crippen MR) is 70.0 cm³/mol. The van der Waals surface area contributed by atoms with Crippen molar-refractivity contribution < 1.29 is 9.53 Å². The van der Waals surface area contributed by atoms with Crippen molar-refractivity contribution in [2.45, 2.75) is 26.4 Å². The normalized spacial score (nSPS) is 11.1. The summed E-state index contributed by atoms with van der Waals surface area (Å²) in [5, 5.41) is 0. The minimum absolute atomic E-state index is 0.223. The second kappa shape index (κ2) is 5.08. The van der Waals surface area contributed by atoms with E-state index >= 15 is 0 Å². The van der Waals surface area contributed by atoms with Gasteiger partial charge in [0, 0.05) is 18.4 Å². The van der Waals surface area contributed by atoms with Gasteiger partial charge in [-0.15, -0.1) is 0 Å². The van der Waals surface area contributed by atoms with E-state index in [1.165, 1.54) is 0 Å². The van der Waals surface area contributed by atoms with Crippen molar-refractivity contribution in [1.29, 1.82) is 0 Å². The van der Waals surface area contributed by atoms with Gasteiger partial charge < -0.3 is 15.4 Å². The summed E-state index contributed by atoms with van der Waals surface area (Å²) in [5.41, 5.74) is 6.80. The number of ether oxygens (including phenoxy) is 1. The van der Waals surface area contributed by atoms with Crippen LogP contribution in [0, 0.1) is 0 Å². The van der Waals surface area contributed by atoms with Gasteiger partial charge in [-0.25, -0.2) is 0 Å². The Morgan fingerprint density at radius 3 is 2.29 bits per heavy atom. The van der Waals surface area contributed by atoms with Crippen LogP contribution in [0.3, 0.4) is 0 Å². The maximum atomic E-state index is 11.6. The van der Waals surface area contributed by atoms with Crippen molar-refractivity contribution in [1.82, 2.24) is 0 Å². The quantitative estimate of drug-likeness (QED) is 0.644. The molecule has 0 radical (unpaired) electrons. The van der Waals surface area contributed by atoms with E-state index in [2.05, 4.69) is 0 Å². The zero-order chi connectivity index (χ0) is 13.1. The summed E-state index contributed by atoms with van der Waals surface area (Å²) in [6.45, 7) is 5.79. The smallest absolute Gasteiger partial charge is 0.326 e. The lowest BCUT2D eigenvalue weighted by Gasteiger charge is -2.23. The van der Waals surface area contributed by atoms with E-state index in [9.17, 15) is 4.79 Å². The monoisotopic (exact) mass is 236 g/mol. The maximum Gasteiger partial charge on any atom is 0.326 e. The Hall–Kier alpha value is -1.71. The molecule has 0 unspecified atom stereocenters. The molecule has 0 heterocycles. The van der Waals surface area contributed by atoms with Crippen molar-refractivity contribution in [3.63, 3.8) is 0 Å². The summed E-state index contributed by atoms with van der Waals surface area (Å²) >= 11 is 0. The average molecular weight is 236 g/mol. The van der Waals surface area contributed by atoms with E-state index in [4.69, 9.17) is 10.5 Å². The van der Waals surface area contributed by atoms with Gasteiger partial charge in [0.2, 0.25) is 0 Å². The number of esters is 1. The molecule has 0 aliphatic heterocycles. The third-order valence-electron chi connectivity index (χ3n) is 2.12. The molecular weight excluding hydrogens is 216 g/mol. The first-order chi connectivity index (χ1) is 7.78. The first-order valence-electron chi connectivity index (χ1n) is 5.56. The average Bonchev–Trinajstić information content (AvgIpc) is 2.15. The Morgan fingerprint density at radius 1 is 1.29 bits per heavy atom. The first-order valence-corrected chi connectivity index (χ1v) is 5.56. The fourth-order valence-corrected chi connectivity index (χ4v) is 1.39. The molecule has 17 heavy (non-hydrogen) atoms. The Balaban J connectivity index is 2.57. The van der Waals surface area contributed by atoms with Gasteiger partial charge in [-0.1, -0.05) is 0 Å². The fourth-order valence-electron chi connectivity index (χ4n) is 1.39. The van der Waals surface area contributed by atoms with Crippen LogP contribution in [-0.4, -0.2) is 25.2 Å². The van der Waals surface area contributed by atoms with Gasteiger partial charge in [0.25, 0.3) is 0 Å². The molecule has 0 bridgehead atoms. The number of anilines is 2. The topological polar surface area (TPSA) is 55.6 Å². The summed E-state index contributed by atoms with van der Waals surface area (Å²) in [6, 6.07) is 7.36. The Kier molecular flexibility index (Phi) is 3.99. The standard InChI is InChI=1S/C13H20N2O2/c1-13(2,3)17-12(16)9-15(4)11-7-5-10(14)6-8-11/h5-8H,9,14H2,1-4H3. The molecule has 0 aromatic heterocycles. The van der Waals surface area contributed by atoms with Crippen LogP contribution in [0.25, 0.3) is 0 Å². The van der Waals surface area contributed by atoms with Crippen LogP contribution in [0.1, 0.15) is 20.8 Å². The van der Waals surface area contributed by atoms with Gasteiger partial charge in [-0.05, 0) is 45.0 Å². The van der Waals surface area contributed by atoms with Crippen LogP contribution >= 0.6 is 0 Å². The Bertz CT molecular complexity index is 379. The van der Waals surface area contributed by atoms with Crippen molar-refractivity contribution in [3.8, 4) is 0 Å². The highest BCUT2D eigenvalue weighted by atomic mass is 16.6. The van der Waals surface area contributed by atoms with Crippen LogP contribution in [0.5, 0.6) is 0 Å². The molecule has 4 heteroatoms. The highest BCUT2D eigenvalue weighted by molar-refractivity contribution is 5.76. The molecule has 0 atom stereocenters. The minimum Gasteiger partial charge on any atom is -0.459 e. The number of rotatable bonds is 3. The van der Waals surface area contributed by atoms with Gasteiger partial charge in [-0.2, -0.15) is 0 Å². The summed E-state index contributed by atoms with van der Waals surface area (Å²) in [6.07, 6.45) is 0. The number of carbonyl (C=O) groups excluding carboxylic acids is 1. The molecule has 0 saturated heterocycles. The SMILES string of the molecule is CN(CC(=O)OC(C)(C)C)c1ccc(N)cc1. The Labute approximate surface area is 102 Å². The molecule has 0 saturated carbocycles.